The van der Waals surface area contributed by atoms with Crippen LogP contribution in [0, 0.1) is 11.3 Å². The third-order valence-corrected chi connectivity index (χ3v) is 6.58. The monoisotopic (exact) mass is 506 g/mol. The summed E-state index contributed by atoms with van der Waals surface area (Å²) < 4.78 is 15.2. The number of nitrogens with zero attached hydrogens (tertiary/aromatic N) is 1. The second-order valence-electron chi connectivity index (χ2n) is 7.73. The first-order valence-electron chi connectivity index (χ1n) is 11.1. The van der Waals surface area contributed by atoms with Gasteiger partial charge in [0.15, 0.2) is 5.78 Å². The third kappa shape index (κ3) is 5.78. The molecule has 3 rings (SSSR count). The first-order valence-corrected chi connectivity index (χ1v) is 12.1. The van der Waals surface area contributed by atoms with Gasteiger partial charge in [0.05, 0.1) is 60.3 Å². The fraction of sp³-hybridized carbons (Fsp3) is 0.259. The molecule has 0 saturated heterocycles. The molecule has 0 bridgehead atoms. The Morgan fingerprint density at radius 2 is 1.64 bits per heavy atom. The van der Waals surface area contributed by atoms with E-state index in [1.807, 2.05) is 0 Å². The lowest BCUT2D eigenvalue weighted by molar-refractivity contribution is -0.138. The molecule has 186 valence electrons. The molecule has 2 aromatic rings. The lowest BCUT2D eigenvalue weighted by Gasteiger charge is -2.29. The molecule has 0 radical (unpaired) electrons. The van der Waals surface area contributed by atoms with E-state index in [0.717, 1.165) is 0 Å². The molecule has 1 N–H and O–H groups in total. The van der Waals surface area contributed by atoms with Crippen molar-refractivity contribution in [3.63, 3.8) is 0 Å². The first kappa shape index (κ1) is 26.6. The molecule has 0 aliphatic carbocycles. The number of Topliss-reactive ketones (excluding diaryl/α,β-unsaturated/α-hetero) is 1. The predicted octanol–water partition coefficient (Wildman–Crippen LogP) is 4.36. The number of benzene rings is 2. The van der Waals surface area contributed by atoms with Crippen molar-refractivity contribution in [2.24, 2.45) is 0 Å². The summed E-state index contributed by atoms with van der Waals surface area (Å²) in [6.07, 6.45) is 0. The van der Waals surface area contributed by atoms with Crippen LogP contribution in [0.5, 0.6) is 5.75 Å². The minimum absolute atomic E-state index is 0.0792. The maximum Gasteiger partial charge on any atom is 0.337 e. The van der Waals surface area contributed by atoms with E-state index in [2.05, 4.69) is 11.4 Å². The lowest BCUT2D eigenvalue weighted by Crippen LogP contribution is -2.29. The van der Waals surface area contributed by atoms with Gasteiger partial charge in [-0.2, -0.15) is 5.26 Å². The molecule has 0 aromatic heterocycles. The van der Waals surface area contributed by atoms with Crippen molar-refractivity contribution in [1.29, 1.82) is 5.26 Å². The fourth-order valence-corrected chi connectivity index (χ4v) is 4.75. The summed E-state index contributed by atoms with van der Waals surface area (Å²) >= 11 is 1.19. The zero-order valence-electron chi connectivity index (χ0n) is 20.4. The number of carbonyl (C=O) groups is 3. The van der Waals surface area contributed by atoms with Crippen LogP contribution in [-0.4, -0.2) is 44.3 Å². The third-order valence-electron chi connectivity index (χ3n) is 5.57. The molecule has 1 atom stereocenters. The summed E-state index contributed by atoms with van der Waals surface area (Å²) in [5, 5.41) is 13.7. The first-order chi connectivity index (χ1) is 17.3. The molecule has 36 heavy (non-hydrogen) atoms. The molecule has 0 saturated carbocycles. The largest absolute Gasteiger partial charge is 0.497 e. The molecule has 0 unspecified atom stereocenters. The molecule has 0 amide bonds. The summed E-state index contributed by atoms with van der Waals surface area (Å²) in [6, 6.07) is 15.5. The number of hydrogen-bond donors (Lipinski definition) is 1. The Morgan fingerprint density at radius 3 is 2.19 bits per heavy atom. The highest BCUT2D eigenvalue weighted by Crippen LogP contribution is 2.41. The molecular weight excluding hydrogens is 480 g/mol. The Labute approximate surface area is 213 Å². The van der Waals surface area contributed by atoms with Crippen LogP contribution in [-0.2, 0) is 14.3 Å². The number of nitrogens with one attached hydrogen (secondary N) is 1. The molecule has 1 heterocycles. The standard InChI is InChI=1S/C27H26N2O6S/c1-5-35-27(32)23-16(2)29-25(36-15-22(30)17-10-12-20(33-3)13-11-17)21(14-28)24(23)18-6-8-19(9-7-18)26(31)34-4/h6-13,24,29H,5,15H2,1-4H3/t24-/m0/s1. The summed E-state index contributed by atoms with van der Waals surface area (Å²) in [7, 11) is 2.85. The molecular formula is C27H26N2O6S. The predicted molar refractivity (Wildman–Crippen MR) is 135 cm³/mol. The molecule has 9 heteroatoms. The van der Waals surface area contributed by atoms with E-state index < -0.39 is 17.9 Å². The van der Waals surface area contributed by atoms with Gasteiger partial charge < -0.3 is 19.5 Å². The van der Waals surface area contributed by atoms with Crippen molar-refractivity contribution in [2.75, 3.05) is 26.6 Å². The Balaban J connectivity index is 1.96. The second kappa shape index (κ2) is 12.1. The van der Waals surface area contributed by atoms with Crippen molar-refractivity contribution in [1.82, 2.24) is 5.32 Å². The van der Waals surface area contributed by atoms with Gasteiger partial charge in [-0.25, -0.2) is 9.59 Å². The van der Waals surface area contributed by atoms with E-state index in [1.54, 1.807) is 69.5 Å². The number of ketones is 1. The van der Waals surface area contributed by atoms with Gasteiger partial charge in [0.25, 0.3) is 0 Å². The quantitative estimate of drug-likeness (QED) is 0.391. The normalized spacial score (nSPS) is 15.0. The number of rotatable bonds is 9. The van der Waals surface area contributed by atoms with Gasteiger partial charge in [-0.3, -0.25) is 4.79 Å². The zero-order valence-corrected chi connectivity index (χ0v) is 21.2. The van der Waals surface area contributed by atoms with E-state index in [4.69, 9.17) is 14.2 Å². The highest BCUT2D eigenvalue weighted by molar-refractivity contribution is 8.03. The number of ether oxygens (including phenoxy) is 3. The number of allylic oxidation sites excluding steroid dienone is 2. The van der Waals surface area contributed by atoms with Crippen molar-refractivity contribution < 1.29 is 28.6 Å². The van der Waals surface area contributed by atoms with Gasteiger partial charge in [-0.05, 0) is 55.8 Å². The van der Waals surface area contributed by atoms with Crippen LogP contribution >= 0.6 is 11.8 Å². The van der Waals surface area contributed by atoms with E-state index >= 15 is 0 Å². The maximum atomic E-state index is 12.9. The Morgan fingerprint density at radius 1 is 1.00 bits per heavy atom. The summed E-state index contributed by atoms with van der Waals surface area (Å²) in [5.74, 6) is -1.16. The number of hydrogen-bond acceptors (Lipinski definition) is 9. The van der Waals surface area contributed by atoms with Crippen LogP contribution in [0.4, 0.5) is 0 Å². The van der Waals surface area contributed by atoms with Crippen LogP contribution in [0.1, 0.15) is 46.0 Å². The van der Waals surface area contributed by atoms with Crippen molar-refractivity contribution in [2.45, 2.75) is 19.8 Å². The Kier molecular flexibility index (Phi) is 8.92. The van der Waals surface area contributed by atoms with Crippen LogP contribution in [0.15, 0.2) is 70.4 Å². The molecule has 0 fully saturated rings. The average Bonchev–Trinajstić information content (AvgIpc) is 2.90. The van der Waals surface area contributed by atoms with Crippen molar-refractivity contribution in [3.05, 3.63) is 87.1 Å². The summed E-state index contributed by atoms with van der Waals surface area (Å²) in [4.78, 5) is 37.5. The molecule has 8 nitrogen and oxygen atoms in total. The topological polar surface area (TPSA) is 115 Å². The van der Waals surface area contributed by atoms with Gasteiger partial charge in [-0.15, -0.1) is 0 Å². The van der Waals surface area contributed by atoms with E-state index in [1.165, 1.54) is 18.9 Å². The fourth-order valence-electron chi connectivity index (χ4n) is 3.77. The highest BCUT2D eigenvalue weighted by Gasteiger charge is 2.35. The van der Waals surface area contributed by atoms with Crippen LogP contribution in [0.25, 0.3) is 0 Å². The molecule has 1 aliphatic rings. The summed E-state index contributed by atoms with van der Waals surface area (Å²) in [5.41, 5.74) is 2.59. The smallest absolute Gasteiger partial charge is 0.337 e. The molecule has 1 aliphatic heterocycles. The maximum absolute atomic E-state index is 12.9. The SMILES string of the molecule is CCOC(=O)C1=C(C)NC(SCC(=O)c2ccc(OC)cc2)=C(C#N)[C@@H]1c1ccc(C(=O)OC)cc1. The minimum atomic E-state index is -0.736. The number of thioether (sulfide) groups is 1. The van der Waals surface area contributed by atoms with Gasteiger partial charge >= 0.3 is 11.9 Å². The second-order valence-corrected chi connectivity index (χ2v) is 8.71. The Hall–Kier alpha value is -4.03. The van der Waals surface area contributed by atoms with Crippen LogP contribution in [0.3, 0.4) is 0 Å². The van der Waals surface area contributed by atoms with Gasteiger partial charge in [0.2, 0.25) is 0 Å². The number of dihydropyridines is 1. The zero-order chi connectivity index (χ0) is 26.2. The lowest BCUT2D eigenvalue weighted by atomic mass is 9.82. The van der Waals surface area contributed by atoms with E-state index in [0.29, 0.717) is 38.7 Å². The van der Waals surface area contributed by atoms with Gasteiger partial charge in [0, 0.05) is 11.3 Å². The van der Waals surface area contributed by atoms with Crippen LogP contribution in [0.2, 0.25) is 0 Å². The van der Waals surface area contributed by atoms with Crippen molar-refractivity contribution >= 4 is 29.5 Å². The molecule has 2 aromatic carbocycles. The van der Waals surface area contributed by atoms with Crippen molar-refractivity contribution in [3.8, 4) is 11.8 Å². The average molecular weight is 507 g/mol. The number of esters is 2. The Bertz CT molecular complexity index is 1260. The number of carbonyl (C=O) groups excluding carboxylic acids is 3. The molecule has 0 spiro atoms. The summed E-state index contributed by atoms with van der Waals surface area (Å²) in [6.45, 7) is 3.60. The van der Waals surface area contributed by atoms with E-state index in [9.17, 15) is 19.6 Å². The minimum Gasteiger partial charge on any atom is -0.497 e. The van der Waals surface area contributed by atoms with Crippen LogP contribution < -0.4 is 10.1 Å². The van der Waals surface area contributed by atoms with Gasteiger partial charge in [-0.1, -0.05) is 23.9 Å². The van der Waals surface area contributed by atoms with Gasteiger partial charge in [0.1, 0.15) is 5.75 Å². The van der Waals surface area contributed by atoms with E-state index in [-0.39, 0.29) is 23.7 Å². The highest BCUT2D eigenvalue weighted by atomic mass is 32.2. The number of nitriles is 1. The number of methoxy groups -OCH3 is 2.